The largest absolute Gasteiger partial charge is 0.467 e. The molecule has 1 atom stereocenters. The van der Waals surface area contributed by atoms with E-state index < -0.39 is 28.9 Å². The molecule has 4 rings (SSSR count). The van der Waals surface area contributed by atoms with E-state index in [-0.39, 0.29) is 11.5 Å². The molecule has 10 nitrogen and oxygen atoms in total. The lowest BCUT2D eigenvalue weighted by Crippen LogP contribution is -2.41. The van der Waals surface area contributed by atoms with Gasteiger partial charge >= 0.3 is 6.03 Å². The zero-order valence-corrected chi connectivity index (χ0v) is 18.3. The summed E-state index contributed by atoms with van der Waals surface area (Å²) in [7, 11) is 0. The summed E-state index contributed by atoms with van der Waals surface area (Å²) < 4.78 is 7.32. The molecule has 2 aromatic heterocycles. The second-order valence-electron chi connectivity index (χ2n) is 8.12. The monoisotopic (exact) mass is 450 g/mol. The van der Waals surface area contributed by atoms with Crippen LogP contribution < -0.4 is 5.32 Å². The molecule has 33 heavy (non-hydrogen) atoms. The van der Waals surface area contributed by atoms with Crippen LogP contribution in [0.4, 0.5) is 10.5 Å². The number of urea groups is 1. The number of furan rings is 1. The van der Waals surface area contributed by atoms with Gasteiger partial charge < -0.3 is 14.3 Å². The molecule has 10 heteroatoms. The van der Waals surface area contributed by atoms with E-state index in [4.69, 9.17) is 4.42 Å². The Morgan fingerprint density at radius 2 is 1.88 bits per heavy atom. The number of hydrogen-bond acceptors (Lipinski definition) is 6. The van der Waals surface area contributed by atoms with Gasteiger partial charge in [-0.15, -0.1) is 0 Å². The molecule has 1 unspecified atom stereocenters. The molecular formula is C23H22N4O6. The van der Waals surface area contributed by atoms with Gasteiger partial charge in [0.2, 0.25) is 0 Å². The van der Waals surface area contributed by atoms with Gasteiger partial charge in [-0.2, -0.15) is 0 Å². The third-order valence-electron chi connectivity index (χ3n) is 6.00. The van der Waals surface area contributed by atoms with Crippen molar-refractivity contribution in [2.75, 3.05) is 6.54 Å². The number of aromatic nitrogens is 1. The molecule has 1 aromatic carbocycles. The maximum Gasteiger partial charge on any atom is 0.325 e. The van der Waals surface area contributed by atoms with E-state index in [1.807, 2.05) is 17.6 Å². The minimum atomic E-state index is -1.43. The maximum atomic E-state index is 13.1. The van der Waals surface area contributed by atoms with Crippen molar-refractivity contribution in [2.24, 2.45) is 0 Å². The summed E-state index contributed by atoms with van der Waals surface area (Å²) in [6, 6.07) is 10.0. The molecular weight excluding hydrogens is 428 g/mol. The molecule has 0 radical (unpaired) electrons. The van der Waals surface area contributed by atoms with Crippen LogP contribution in [0.15, 0.2) is 53.1 Å². The van der Waals surface area contributed by atoms with Gasteiger partial charge in [0.1, 0.15) is 11.3 Å². The van der Waals surface area contributed by atoms with Crippen LogP contribution in [0.2, 0.25) is 0 Å². The number of imide groups is 1. The highest BCUT2D eigenvalue weighted by molar-refractivity contribution is 6.11. The van der Waals surface area contributed by atoms with Gasteiger partial charge in [-0.3, -0.25) is 24.6 Å². The summed E-state index contributed by atoms with van der Waals surface area (Å²) in [4.78, 5) is 50.0. The molecule has 1 aliphatic rings. The lowest BCUT2D eigenvalue weighted by molar-refractivity contribution is -0.384. The van der Waals surface area contributed by atoms with Crippen LogP contribution in [0, 0.1) is 24.0 Å². The van der Waals surface area contributed by atoms with E-state index in [0.717, 1.165) is 16.4 Å². The number of nitrogens with one attached hydrogen (secondary N) is 1. The lowest BCUT2D eigenvalue weighted by Gasteiger charge is -2.22. The first-order valence-electron chi connectivity index (χ1n) is 10.2. The minimum absolute atomic E-state index is 0.129. The van der Waals surface area contributed by atoms with Crippen LogP contribution in [-0.2, 0) is 16.9 Å². The Bertz CT molecular complexity index is 1260. The highest BCUT2D eigenvalue weighted by Crippen LogP contribution is 2.30. The van der Waals surface area contributed by atoms with Crippen molar-refractivity contribution in [3.05, 3.63) is 87.1 Å². The molecule has 170 valence electrons. The molecule has 0 bridgehead atoms. The second kappa shape index (κ2) is 8.05. The van der Waals surface area contributed by atoms with Crippen molar-refractivity contribution in [3.63, 3.8) is 0 Å². The second-order valence-corrected chi connectivity index (χ2v) is 8.12. The number of nitro groups is 1. The first-order chi connectivity index (χ1) is 15.6. The standard InChI is InChI=1S/C23H22N4O6/c1-14-11-19(15(2)25(14)12-18-5-4-10-33-18)20(28)13-26-21(29)23(3,24-22(26)30)16-6-8-17(9-7-16)27(31)32/h4-11H,12-13H2,1-3H3,(H,24,30). The fraction of sp³-hybridized carbons (Fsp3) is 0.261. The Morgan fingerprint density at radius 3 is 2.48 bits per heavy atom. The maximum absolute atomic E-state index is 13.1. The van der Waals surface area contributed by atoms with Crippen molar-refractivity contribution in [3.8, 4) is 0 Å². The predicted octanol–water partition coefficient (Wildman–Crippen LogP) is 3.30. The summed E-state index contributed by atoms with van der Waals surface area (Å²) in [5.41, 5.74) is 0.805. The van der Waals surface area contributed by atoms with E-state index in [9.17, 15) is 24.5 Å². The van der Waals surface area contributed by atoms with E-state index in [1.165, 1.54) is 31.2 Å². The zero-order chi connectivity index (χ0) is 23.9. The molecule has 0 aliphatic carbocycles. The van der Waals surface area contributed by atoms with Crippen molar-refractivity contribution < 1.29 is 23.7 Å². The number of hydrogen-bond donors (Lipinski definition) is 1. The van der Waals surface area contributed by atoms with Gasteiger partial charge in [-0.1, -0.05) is 0 Å². The van der Waals surface area contributed by atoms with Gasteiger partial charge in [-0.05, 0) is 56.7 Å². The number of carbonyl (C=O) groups excluding carboxylic acids is 3. The number of nitro benzene ring substituents is 1. The first-order valence-corrected chi connectivity index (χ1v) is 10.2. The van der Waals surface area contributed by atoms with Crippen LogP contribution in [0.25, 0.3) is 0 Å². The fourth-order valence-corrected chi connectivity index (χ4v) is 4.07. The van der Waals surface area contributed by atoms with Crippen LogP contribution in [0.3, 0.4) is 0 Å². The molecule has 1 N–H and O–H groups in total. The summed E-state index contributed by atoms with van der Waals surface area (Å²) >= 11 is 0. The number of non-ortho nitro benzene ring substituents is 1. The number of nitrogens with zero attached hydrogens (tertiary/aromatic N) is 3. The van der Waals surface area contributed by atoms with Crippen LogP contribution >= 0.6 is 0 Å². The Hall–Kier alpha value is -4.21. The van der Waals surface area contributed by atoms with Crippen molar-refractivity contribution in [1.82, 2.24) is 14.8 Å². The minimum Gasteiger partial charge on any atom is -0.467 e. The molecule has 3 aromatic rings. The topological polar surface area (TPSA) is 128 Å². The molecule has 0 saturated carbocycles. The third-order valence-corrected chi connectivity index (χ3v) is 6.00. The molecule has 1 saturated heterocycles. The number of benzene rings is 1. The average Bonchev–Trinajstić information content (AvgIpc) is 3.45. The van der Waals surface area contributed by atoms with E-state index >= 15 is 0 Å². The molecule has 3 heterocycles. The van der Waals surface area contributed by atoms with Gasteiger partial charge in [0.15, 0.2) is 5.78 Å². The van der Waals surface area contributed by atoms with Crippen molar-refractivity contribution >= 4 is 23.4 Å². The average molecular weight is 450 g/mol. The SMILES string of the molecule is Cc1cc(C(=O)CN2C(=O)NC(C)(c3ccc([N+](=O)[O-])cc3)C2=O)c(C)n1Cc1ccco1. The van der Waals surface area contributed by atoms with E-state index in [1.54, 1.807) is 25.3 Å². The third kappa shape index (κ3) is 3.79. The summed E-state index contributed by atoms with van der Waals surface area (Å²) in [5.74, 6) is -0.229. The molecule has 1 fully saturated rings. The Labute approximate surface area is 188 Å². The number of aryl methyl sites for hydroxylation is 1. The predicted molar refractivity (Wildman–Crippen MR) is 117 cm³/mol. The van der Waals surface area contributed by atoms with Crippen LogP contribution in [-0.4, -0.2) is 38.7 Å². The van der Waals surface area contributed by atoms with Gasteiger partial charge in [-0.25, -0.2) is 4.79 Å². The number of carbonyl (C=O) groups is 3. The first kappa shape index (κ1) is 22.0. The highest BCUT2D eigenvalue weighted by Gasteiger charge is 2.49. The van der Waals surface area contributed by atoms with Crippen molar-refractivity contribution in [1.29, 1.82) is 0 Å². The van der Waals surface area contributed by atoms with E-state index in [0.29, 0.717) is 23.4 Å². The number of ketones is 1. The lowest BCUT2D eigenvalue weighted by atomic mass is 9.92. The smallest absolute Gasteiger partial charge is 0.325 e. The number of Topliss-reactive ketones (excluding diaryl/α,β-unsaturated/α-hetero) is 1. The highest BCUT2D eigenvalue weighted by atomic mass is 16.6. The normalized spacial score (nSPS) is 18.0. The fourth-order valence-electron chi connectivity index (χ4n) is 4.07. The number of amides is 3. The molecule has 1 aliphatic heterocycles. The summed E-state index contributed by atoms with van der Waals surface area (Å²) in [6.45, 7) is 5.22. The summed E-state index contributed by atoms with van der Waals surface area (Å²) in [6.07, 6.45) is 1.58. The zero-order valence-electron chi connectivity index (χ0n) is 18.3. The summed E-state index contributed by atoms with van der Waals surface area (Å²) in [5, 5.41) is 13.5. The Balaban J connectivity index is 1.55. The number of rotatable bonds is 7. The van der Waals surface area contributed by atoms with E-state index in [2.05, 4.69) is 5.32 Å². The van der Waals surface area contributed by atoms with Gasteiger partial charge in [0.05, 0.1) is 24.3 Å². The Kier molecular flexibility index (Phi) is 5.36. The van der Waals surface area contributed by atoms with Gasteiger partial charge in [0.25, 0.3) is 11.6 Å². The molecule has 3 amide bonds. The Morgan fingerprint density at radius 1 is 1.18 bits per heavy atom. The molecule has 0 spiro atoms. The quantitative estimate of drug-likeness (QED) is 0.255. The van der Waals surface area contributed by atoms with Gasteiger partial charge in [0, 0.05) is 29.1 Å². The van der Waals surface area contributed by atoms with Crippen LogP contribution in [0.5, 0.6) is 0 Å². The van der Waals surface area contributed by atoms with Crippen LogP contribution in [0.1, 0.15) is 40.0 Å². The van der Waals surface area contributed by atoms with Crippen molar-refractivity contribution in [2.45, 2.75) is 32.9 Å².